The fraction of sp³-hybridized carbons (Fsp3) is 0.259. The van der Waals surface area contributed by atoms with Gasteiger partial charge in [0.25, 0.3) is 15.9 Å². The number of benzene rings is 3. The lowest BCUT2D eigenvalue weighted by Gasteiger charge is -2.39. The number of amides is 2. The number of nitrogens with one attached hydrogen (secondary N) is 2. The van der Waals surface area contributed by atoms with Crippen molar-refractivity contribution in [2.45, 2.75) is 37.3 Å². The molecule has 0 bridgehead atoms. The summed E-state index contributed by atoms with van der Waals surface area (Å²) in [6, 6.07) is 11.3. The van der Waals surface area contributed by atoms with Crippen molar-refractivity contribution in [1.82, 2.24) is 10.2 Å². The highest BCUT2D eigenvalue weighted by Gasteiger charge is 2.35. The van der Waals surface area contributed by atoms with Crippen molar-refractivity contribution in [3.8, 4) is 16.9 Å². The zero-order valence-corrected chi connectivity index (χ0v) is 23.2. The molecule has 0 unspecified atom stereocenters. The molecule has 212 valence electrons. The van der Waals surface area contributed by atoms with Crippen LogP contribution in [0.5, 0.6) is 5.75 Å². The van der Waals surface area contributed by atoms with Crippen molar-refractivity contribution in [2.24, 2.45) is 0 Å². The first-order chi connectivity index (χ1) is 18.6. The monoisotopic (exact) mass is 593 g/mol. The highest BCUT2D eigenvalue weighted by atomic mass is 35.5. The second-order valence-electron chi connectivity index (χ2n) is 10.1. The topological polar surface area (TPSA) is 125 Å². The van der Waals surface area contributed by atoms with E-state index in [2.05, 4.69) is 5.32 Å². The highest BCUT2D eigenvalue weighted by molar-refractivity contribution is 7.92. The first-order valence-corrected chi connectivity index (χ1v) is 13.9. The lowest BCUT2D eigenvalue weighted by atomic mass is 10.0. The van der Waals surface area contributed by atoms with Gasteiger partial charge < -0.3 is 20.1 Å². The number of phenols is 1. The maximum absolute atomic E-state index is 14.6. The maximum atomic E-state index is 14.6. The van der Waals surface area contributed by atoms with Crippen LogP contribution in [0.15, 0.2) is 59.5 Å². The molecule has 1 saturated heterocycles. The minimum absolute atomic E-state index is 0.0572. The SMILES string of the molecule is CC(C)(C)OC(=O)NC1CN(C(=O)c2cc(Cl)c(O)c(S(=O)(=O)Nc3cc(-c4ccccc4)c(F)cc3F)c2)C1. The van der Waals surface area contributed by atoms with Gasteiger partial charge in [-0.15, -0.1) is 0 Å². The minimum Gasteiger partial charge on any atom is -0.505 e. The summed E-state index contributed by atoms with van der Waals surface area (Å²) in [6.07, 6.45) is -0.639. The summed E-state index contributed by atoms with van der Waals surface area (Å²) in [5, 5.41) is 12.6. The van der Waals surface area contributed by atoms with E-state index in [1.807, 2.05) is 4.72 Å². The number of aromatic hydroxyl groups is 1. The lowest BCUT2D eigenvalue weighted by molar-refractivity contribution is 0.0359. The fourth-order valence-corrected chi connectivity index (χ4v) is 5.44. The van der Waals surface area contributed by atoms with E-state index in [1.165, 1.54) is 4.90 Å². The van der Waals surface area contributed by atoms with Gasteiger partial charge in [-0.2, -0.15) is 0 Å². The summed E-state index contributed by atoms with van der Waals surface area (Å²) in [4.78, 5) is 25.5. The van der Waals surface area contributed by atoms with Crippen LogP contribution in [0.3, 0.4) is 0 Å². The summed E-state index contributed by atoms with van der Waals surface area (Å²) in [5.41, 5.74) is -1.11. The largest absolute Gasteiger partial charge is 0.505 e. The molecule has 1 fully saturated rings. The second kappa shape index (κ2) is 10.9. The predicted molar refractivity (Wildman–Crippen MR) is 145 cm³/mol. The Labute approximate surface area is 234 Å². The first-order valence-electron chi connectivity index (χ1n) is 12.0. The smallest absolute Gasteiger partial charge is 0.407 e. The van der Waals surface area contributed by atoms with E-state index in [9.17, 15) is 31.9 Å². The van der Waals surface area contributed by atoms with Crippen molar-refractivity contribution in [3.63, 3.8) is 0 Å². The summed E-state index contributed by atoms with van der Waals surface area (Å²) in [6.45, 7) is 5.39. The molecule has 0 atom stereocenters. The molecular formula is C27H26ClF2N3O6S. The minimum atomic E-state index is -4.71. The van der Waals surface area contributed by atoms with E-state index in [0.29, 0.717) is 11.6 Å². The molecule has 0 aromatic heterocycles. The van der Waals surface area contributed by atoms with Gasteiger partial charge in [0.15, 0.2) is 5.75 Å². The molecule has 3 aromatic carbocycles. The van der Waals surface area contributed by atoms with Crippen LogP contribution in [0.2, 0.25) is 5.02 Å². The fourth-order valence-electron chi connectivity index (χ4n) is 3.96. The maximum Gasteiger partial charge on any atom is 0.407 e. The molecule has 40 heavy (non-hydrogen) atoms. The molecule has 0 radical (unpaired) electrons. The Balaban J connectivity index is 1.55. The predicted octanol–water partition coefficient (Wildman–Crippen LogP) is 5.14. The number of sulfonamides is 1. The summed E-state index contributed by atoms with van der Waals surface area (Å²) >= 11 is 6.04. The Morgan fingerprint density at radius 2 is 1.70 bits per heavy atom. The van der Waals surface area contributed by atoms with E-state index in [1.54, 1.807) is 51.1 Å². The van der Waals surface area contributed by atoms with Crippen molar-refractivity contribution < 1.29 is 36.6 Å². The molecule has 1 aliphatic heterocycles. The standard InChI is InChI=1S/C27H26ClF2N3O6S/c1-27(2,3)39-26(36)31-17-13-33(14-17)25(35)16-9-19(28)24(34)23(10-16)40(37,38)32-22-11-18(20(29)12-21(22)30)15-7-5-4-6-8-15/h4-12,17,32,34H,13-14H2,1-3H3,(H,31,36). The van der Waals surface area contributed by atoms with Crippen LogP contribution in [-0.2, 0) is 14.8 Å². The number of hydrogen-bond acceptors (Lipinski definition) is 6. The average Bonchev–Trinajstić information content (AvgIpc) is 2.83. The van der Waals surface area contributed by atoms with Gasteiger partial charge in [-0.25, -0.2) is 22.0 Å². The first kappa shape index (κ1) is 29.1. The van der Waals surface area contributed by atoms with Crippen LogP contribution in [0.25, 0.3) is 11.1 Å². The third-order valence-corrected chi connectivity index (χ3v) is 7.51. The van der Waals surface area contributed by atoms with Gasteiger partial charge in [0.1, 0.15) is 22.1 Å². The van der Waals surface area contributed by atoms with Crippen LogP contribution in [0, 0.1) is 11.6 Å². The Bertz CT molecular complexity index is 1570. The van der Waals surface area contributed by atoms with E-state index < -0.39 is 60.6 Å². The number of halogens is 3. The summed E-state index contributed by atoms with van der Waals surface area (Å²) < 4.78 is 62.7. The van der Waals surface area contributed by atoms with Gasteiger partial charge in [0.2, 0.25) is 0 Å². The Morgan fingerprint density at radius 1 is 1.05 bits per heavy atom. The summed E-state index contributed by atoms with van der Waals surface area (Å²) in [7, 11) is -4.71. The molecule has 1 heterocycles. The van der Waals surface area contributed by atoms with Gasteiger partial charge in [0, 0.05) is 30.3 Å². The van der Waals surface area contributed by atoms with E-state index in [0.717, 1.165) is 18.2 Å². The number of rotatable bonds is 6. The van der Waals surface area contributed by atoms with Crippen molar-refractivity contribution in [3.05, 3.63) is 76.8 Å². The number of nitrogens with zero attached hydrogens (tertiary/aromatic N) is 1. The number of anilines is 1. The molecule has 9 nitrogen and oxygen atoms in total. The van der Waals surface area contributed by atoms with E-state index in [4.69, 9.17) is 16.3 Å². The van der Waals surface area contributed by atoms with Crippen LogP contribution in [0.4, 0.5) is 19.3 Å². The zero-order valence-electron chi connectivity index (χ0n) is 21.7. The molecular weight excluding hydrogens is 568 g/mol. The lowest BCUT2D eigenvalue weighted by Crippen LogP contribution is -2.61. The van der Waals surface area contributed by atoms with E-state index >= 15 is 0 Å². The quantitative estimate of drug-likeness (QED) is 0.363. The molecule has 1 aliphatic rings. The number of phenolic OH excluding ortho intramolecular Hbond substituents is 1. The van der Waals surface area contributed by atoms with Crippen LogP contribution in [0.1, 0.15) is 31.1 Å². The molecule has 3 N–H and O–H groups in total. The van der Waals surface area contributed by atoms with E-state index in [-0.39, 0.29) is 30.3 Å². The molecule has 13 heteroatoms. The molecule has 0 aliphatic carbocycles. The molecule has 4 rings (SSSR count). The van der Waals surface area contributed by atoms with Crippen LogP contribution >= 0.6 is 11.6 Å². The molecule has 2 amide bonds. The number of carbonyl (C=O) groups is 2. The third kappa shape index (κ3) is 6.45. The summed E-state index contributed by atoms with van der Waals surface area (Å²) in [5.74, 6) is -3.56. The molecule has 0 saturated carbocycles. The second-order valence-corrected chi connectivity index (χ2v) is 12.2. The average molecular weight is 594 g/mol. The van der Waals surface area contributed by atoms with Crippen molar-refractivity contribution in [1.29, 1.82) is 0 Å². The van der Waals surface area contributed by atoms with Gasteiger partial charge >= 0.3 is 6.09 Å². The highest BCUT2D eigenvalue weighted by Crippen LogP contribution is 2.36. The van der Waals surface area contributed by atoms with Crippen molar-refractivity contribution in [2.75, 3.05) is 17.8 Å². The van der Waals surface area contributed by atoms with Crippen LogP contribution < -0.4 is 10.0 Å². The van der Waals surface area contributed by atoms with Gasteiger partial charge in [-0.1, -0.05) is 41.9 Å². The normalized spacial score (nSPS) is 13.9. The van der Waals surface area contributed by atoms with Gasteiger partial charge in [0.05, 0.1) is 16.8 Å². The number of carbonyl (C=O) groups excluding carboxylic acids is 2. The van der Waals surface area contributed by atoms with Gasteiger partial charge in [-0.3, -0.25) is 9.52 Å². The Morgan fingerprint density at radius 3 is 2.33 bits per heavy atom. The zero-order chi connectivity index (χ0) is 29.4. The Kier molecular flexibility index (Phi) is 7.95. The van der Waals surface area contributed by atoms with Crippen LogP contribution in [-0.4, -0.2) is 55.2 Å². The number of alkyl carbamates (subject to hydrolysis) is 1. The Hall–Kier alpha value is -3.90. The number of likely N-dealkylation sites (tertiary alicyclic amines) is 1. The molecule has 0 spiro atoms. The van der Waals surface area contributed by atoms with Gasteiger partial charge in [-0.05, 0) is 44.5 Å². The third-order valence-electron chi connectivity index (χ3n) is 5.84. The number of ether oxygens (including phenoxy) is 1. The number of hydrogen-bond donors (Lipinski definition) is 3. The molecule has 3 aromatic rings. The van der Waals surface area contributed by atoms with Crippen molar-refractivity contribution >= 4 is 39.3 Å².